The maximum absolute atomic E-state index is 11.9. The Balaban J connectivity index is 1.81. The molecule has 1 aromatic heterocycles. The number of aromatic nitrogens is 2. The summed E-state index contributed by atoms with van der Waals surface area (Å²) in [6.07, 6.45) is 4.06. The van der Waals surface area contributed by atoms with Crippen molar-refractivity contribution in [2.24, 2.45) is 7.05 Å². The molecule has 1 heterocycles. The topological polar surface area (TPSA) is 46.9 Å². The van der Waals surface area contributed by atoms with E-state index in [2.05, 4.69) is 57.5 Å². The number of hydrogen-bond donors (Lipinski definition) is 1. The zero-order valence-corrected chi connectivity index (χ0v) is 13.8. The Morgan fingerprint density at radius 3 is 2.76 bits per heavy atom. The molecular formula is C16H18BrN3O. The van der Waals surface area contributed by atoms with Crippen molar-refractivity contribution in [2.75, 3.05) is 11.9 Å². The first-order chi connectivity index (χ1) is 10.0. The number of hydrogen-bond acceptors (Lipinski definition) is 3. The molecule has 2 aromatic rings. The number of benzene rings is 1. The van der Waals surface area contributed by atoms with Crippen LogP contribution in [0.15, 0.2) is 39.7 Å². The molecular weight excluding hydrogens is 330 g/mol. The van der Waals surface area contributed by atoms with Crippen LogP contribution in [0.2, 0.25) is 0 Å². The Labute approximate surface area is 132 Å². The normalized spacial score (nSPS) is 15.8. The molecule has 1 N–H and O–H groups in total. The van der Waals surface area contributed by atoms with Gasteiger partial charge in [-0.25, -0.2) is 4.68 Å². The van der Waals surface area contributed by atoms with Crippen LogP contribution < -0.4 is 10.9 Å². The molecule has 0 spiro atoms. The van der Waals surface area contributed by atoms with E-state index in [0.29, 0.717) is 4.47 Å². The summed E-state index contributed by atoms with van der Waals surface area (Å²) in [7, 11) is 1.65. The number of rotatable bonds is 4. The van der Waals surface area contributed by atoms with E-state index in [0.717, 1.165) is 12.2 Å². The molecule has 0 unspecified atom stereocenters. The summed E-state index contributed by atoms with van der Waals surface area (Å²) in [5.74, 6) is 0. The monoisotopic (exact) mass is 347 g/mol. The second-order valence-corrected chi connectivity index (χ2v) is 6.54. The molecule has 0 aliphatic heterocycles. The zero-order chi connectivity index (χ0) is 15.0. The third kappa shape index (κ3) is 2.62. The van der Waals surface area contributed by atoms with E-state index in [4.69, 9.17) is 0 Å². The SMILES string of the molecule is Cc1ccccc1C1(CNc2cnn(C)c(=O)c2Br)CC1. The molecule has 21 heavy (non-hydrogen) atoms. The van der Waals surface area contributed by atoms with E-state index in [1.54, 1.807) is 13.2 Å². The highest BCUT2D eigenvalue weighted by Crippen LogP contribution is 2.49. The molecule has 1 aliphatic rings. The van der Waals surface area contributed by atoms with E-state index in [9.17, 15) is 4.79 Å². The molecule has 0 amide bonds. The molecule has 1 fully saturated rings. The summed E-state index contributed by atoms with van der Waals surface area (Å²) in [4.78, 5) is 11.9. The maximum atomic E-state index is 11.9. The van der Waals surface area contributed by atoms with Gasteiger partial charge in [0, 0.05) is 19.0 Å². The first-order valence-corrected chi connectivity index (χ1v) is 7.85. The van der Waals surface area contributed by atoms with Gasteiger partial charge in [0.25, 0.3) is 5.56 Å². The molecule has 0 saturated heterocycles. The third-order valence-corrected chi connectivity index (χ3v) is 5.03. The lowest BCUT2D eigenvalue weighted by Crippen LogP contribution is -2.25. The van der Waals surface area contributed by atoms with Gasteiger partial charge in [0.1, 0.15) is 4.47 Å². The van der Waals surface area contributed by atoms with Crippen molar-refractivity contribution in [3.05, 3.63) is 56.4 Å². The second-order valence-electron chi connectivity index (χ2n) is 5.75. The van der Waals surface area contributed by atoms with Crippen LogP contribution in [-0.4, -0.2) is 16.3 Å². The van der Waals surface area contributed by atoms with Gasteiger partial charge < -0.3 is 5.32 Å². The highest BCUT2D eigenvalue weighted by atomic mass is 79.9. The molecule has 0 bridgehead atoms. The van der Waals surface area contributed by atoms with Gasteiger partial charge in [0.2, 0.25) is 0 Å². The van der Waals surface area contributed by atoms with E-state index < -0.39 is 0 Å². The highest BCUT2D eigenvalue weighted by Gasteiger charge is 2.44. The maximum Gasteiger partial charge on any atom is 0.282 e. The minimum Gasteiger partial charge on any atom is -0.382 e. The van der Waals surface area contributed by atoms with Crippen LogP contribution in [0.3, 0.4) is 0 Å². The van der Waals surface area contributed by atoms with Crippen molar-refractivity contribution < 1.29 is 0 Å². The number of nitrogens with zero attached hydrogens (tertiary/aromatic N) is 2. The number of aryl methyl sites for hydroxylation is 2. The standard InChI is InChI=1S/C16H18BrN3O/c1-11-5-3-4-6-12(11)16(7-8-16)10-18-13-9-19-20(2)15(21)14(13)17/h3-6,9,18H,7-8,10H2,1-2H3. The second kappa shape index (κ2) is 5.30. The first kappa shape index (κ1) is 14.3. The van der Waals surface area contributed by atoms with E-state index in [1.807, 2.05) is 0 Å². The van der Waals surface area contributed by atoms with Crippen molar-refractivity contribution >= 4 is 21.6 Å². The summed E-state index contributed by atoms with van der Waals surface area (Å²) in [6.45, 7) is 2.98. The molecule has 0 atom stereocenters. The fourth-order valence-corrected chi connectivity index (χ4v) is 3.26. The lowest BCUT2D eigenvalue weighted by atomic mass is 9.92. The number of halogens is 1. The first-order valence-electron chi connectivity index (χ1n) is 7.05. The van der Waals surface area contributed by atoms with Gasteiger partial charge in [-0.15, -0.1) is 0 Å². The van der Waals surface area contributed by atoms with Crippen LogP contribution in [0, 0.1) is 6.92 Å². The predicted octanol–water partition coefficient (Wildman–Crippen LogP) is 2.99. The van der Waals surface area contributed by atoms with Gasteiger partial charge in [-0.2, -0.15) is 5.10 Å². The zero-order valence-electron chi connectivity index (χ0n) is 12.2. The molecule has 4 nitrogen and oxygen atoms in total. The molecule has 1 aliphatic carbocycles. The highest BCUT2D eigenvalue weighted by molar-refractivity contribution is 9.10. The van der Waals surface area contributed by atoms with Crippen LogP contribution in [0.5, 0.6) is 0 Å². The Morgan fingerprint density at radius 2 is 2.10 bits per heavy atom. The lowest BCUT2D eigenvalue weighted by molar-refractivity contribution is 0.695. The van der Waals surface area contributed by atoms with Gasteiger partial charge in [0.05, 0.1) is 11.9 Å². The average Bonchev–Trinajstić information content (AvgIpc) is 3.25. The Hall–Kier alpha value is -1.62. The summed E-state index contributed by atoms with van der Waals surface area (Å²) in [5, 5.41) is 7.45. The van der Waals surface area contributed by atoms with E-state index in [1.165, 1.54) is 28.7 Å². The quantitative estimate of drug-likeness (QED) is 0.924. The Morgan fingerprint density at radius 1 is 1.38 bits per heavy atom. The van der Waals surface area contributed by atoms with Gasteiger partial charge in [-0.1, -0.05) is 24.3 Å². The van der Waals surface area contributed by atoms with Crippen molar-refractivity contribution in [3.8, 4) is 0 Å². The van der Waals surface area contributed by atoms with Crippen LogP contribution >= 0.6 is 15.9 Å². The Kier molecular flexibility index (Phi) is 3.61. The molecule has 110 valence electrons. The van der Waals surface area contributed by atoms with Gasteiger partial charge in [-0.3, -0.25) is 4.79 Å². The molecule has 1 saturated carbocycles. The van der Waals surface area contributed by atoms with E-state index in [-0.39, 0.29) is 11.0 Å². The van der Waals surface area contributed by atoms with Gasteiger partial charge in [-0.05, 0) is 46.8 Å². The minimum atomic E-state index is -0.124. The van der Waals surface area contributed by atoms with Gasteiger partial charge >= 0.3 is 0 Å². The lowest BCUT2D eigenvalue weighted by Gasteiger charge is -2.20. The minimum absolute atomic E-state index is 0.124. The van der Waals surface area contributed by atoms with E-state index >= 15 is 0 Å². The fourth-order valence-electron chi connectivity index (χ4n) is 2.76. The number of nitrogens with one attached hydrogen (secondary N) is 1. The third-order valence-electron chi connectivity index (χ3n) is 4.27. The van der Waals surface area contributed by atoms with Gasteiger partial charge in [0.15, 0.2) is 0 Å². The summed E-state index contributed by atoms with van der Waals surface area (Å²) >= 11 is 3.35. The molecule has 5 heteroatoms. The number of anilines is 1. The van der Waals surface area contributed by atoms with Crippen molar-refractivity contribution in [3.63, 3.8) is 0 Å². The van der Waals surface area contributed by atoms with Crippen molar-refractivity contribution in [1.82, 2.24) is 9.78 Å². The Bertz CT molecular complexity index is 735. The summed E-state index contributed by atoms with van der Waals surface area (Å²) < 4.78 is 1.87. The predicted molar refractivity (Wildman–Crippen MR) is 87.8 cm³/mol. The largest absolute Gasteiger partial charge is 0.382 e. The molecule has 3 rings (SSSR count). The van der Waals surface area contributed by atoms with Crippen LogP contribution in [-0.2, 0) is 12.5 Å². The fraction of sp³-hybridized carbons (Fsp3) is 0.375. The molecule has 1 aromatic carbocycles. The van der Waals surface area contributed by atoms with Crippen LogP contribution in [0.4, 0.5) is 5.69 Å². The summed E-state index contributed by atoms with van der Waals surface area (Å²) in [5.41, 5.74) is 3.58. The smallest absolute Gasteiger partial charge is 0.282 e. The van der Waals surface area contributed by atoms with Crippen molar-refractivity contribution in [2.45, 2.75) is 25.2 Å². The van der Waals surface area contributed by atoms with Crippen LogP contribution in [0.1, 0.15) is 24.0 Å². The molecule has 0 radical (unpaired) electrons. The summed E-state index contributed by atoms with van der Waals surface area (Å²) in [6, 6.07) is 8.54. The van der Waals surface area contributed by atoms with Crippen LogP contribution in [0.25, 0.3) is 0 Å². The average molecular weight is 348 g/mol. The van der Waals surface area contributed by atoms with Crippen molar-refractivity contribution in [1.29, 1.82) is 0 Å².